The molecule has 0 saturated carbocycles. The van der Waals surface area contributed by atoms with Crippen molar-refractivity contribution in [2.24, 2.45) is 0 Å². The van der Waals surface area contributed by atoms with Gasteiger partial charge in [-0.1, -0.05) is 0 Å². The molecule has 6 nitrogen and oxygen atoms in total. The molecule has 0 unspecified atom stereocenters. The standard InChI is InChI=1S/C19H20N4O2/c1-11-5-14(24)9-18(20-11)16-7-13(23(3)4)8-17(22-16)19-10-15(25)6-12(2)21-19/h5-10H,1-4H3,(H,20,24)(H,21,25). The van der Waals surface area contributed by atoms with E-state index < -0.39 is 0 Å². The maximum Gasteiger partial charge on any atom is 0.182 e. The fourth-order valence-corrected chi connectivity index (χ4v) is 2.69. The highest BCUT2D eigenvalue weighted by molar-refractivity contribution is 5.69. The van der Waals surface area contributed by atoms with Crippen LogP contribution >= 0.6 is 0 Å². The van der Waals surface area contributed by atoms with Gasteiger partial charge in [0.1, 0.15) is 0 Å². The molecular weight excluding hydrogens is 316 g/mol. The second-order valence-corrected chi connectivity index (χ2v) is 6.32. The maximum atomic E-state index is 11.8. The van der Waals surface area contributed by atoms with Crippen molar-refractivity contribution in [3.8, 4) is 22.8 Å². The molecule has 128 valence electrons. The van der Waals surface area contributed by atoms with Crippen molar-refractivity contribution in [3.63, 3.8) is 0 Å². The molecule has 0 atom stereocenters. The van der Waals surface area contributed by atoms with Gasteiger partial charge in [0.2, 0.25) is 0 Å². The van der Waals surface area contributed by atoms with Crippen LogP contribution in [0.15, 0.2) is 46.0 Å². The molecule has 0 aromatic carbocycles. The summed E-state index contributed by atoms with van der Waals surface area (Å²) in [6.07, 6.45) is 0. The predicted molar refractivity (Wildman–Crippen MR) is 100 cm³/mol. The minimum absolute atomic E-state index is 0.0752. The molecule has 0 bridgehead atoms. The number of aromatic nitrogens is 3. The maximum absolute atomic E-state index is 11.8. The Hall–Kier alpha value is -3.15. The summed E-state index contributed by atoms with van der Waals surface area (Å²) >= 11 is 0. The van der Waals surface area contributed by atoms with Crippen molar-refractivity contribution in [1.29, 1.82) is 0 Å². The number of hydrogen-bond acceptors (Lipinski definition) is 4. The number of nitrogens with zero attached hydrogens (tertiary/aromatic N) is 2. The van der Waals surface area contributed by atoms with Crippen molar-refractivity contribution < 1.29 is 0 Å². The van der Waals surface area contributed by atoms with E-state index in [-0.39, 0.29) is 10.9 Å². The number of hydrogen-bond donors (Lipinski definition) is 2. The average molecular weight is 336 g/mol. The number of aryl methyl sites for hydroxylation is 2. The molecule has 0 amide bonds. The lowest BCUT2D eigenvalue weighted by molar-refractivity contribution is 1.10. The molecule has 0 saturated heterocycles. The average Bonchev–Trinajstić information content (AvgIpc) is 2.52. The van der Waals surface area contributed by atoms with Crippen LogP contribution in [0.3, 0.4) is 0 Å². The lowest BCUT2D eigenvalue weighted by Crippen LogP contribution is -2.11. The van der Waals surface area contributed by atoms with E-state index in [0.717, 1.165) is 17.1 Å². The molecule has 3 aromatic heterocycles. The zero-order valence-corrected chi connectivity index (χ0v) is 14.7. The number of aromatic amines is 2. The van der Waals surface area contributed by atoms with Crippen LogP contribution in [0.25, 0.3) is 22.8 Å². The Labute approximate surface area is 145 Å². The lowest BCUT2D eigenvalue weighted by atomic mass is 10.1. The Morgan fingerprint density at radius 1 is 0.760 bits per heavy atom. The van der Waals surface area contributed by atoms with Crippen molar-refractivity contribution in [2.75, 3.05) is 19.0 Å². The van der Waals surface area contributed by atoms with E-state index in [1.54, 1.807) is 0 Å². The lowest BCUT2D eigenvalue weighted by Gasteiger charge is -2.16. The van der Waals surface area contributed by atoms with Crippen molar-refractivity contribution in [3.05, 3.63) is 68.2 Å². The van der Waals surface area contributed by atoms with Gasteiger partial charge in [0, 0.05) is 55.4 Å². The minimum atomic E-state index is -0.0752. The molecule has 0 aliphatic carbocycles. The van der Waals surface area contributed by atoms with Gasteiger partial charge in [-0.25, -0.2) is 4.98 Å². The van der Waals surface area contributed by atoms with Crippen LogP contribution in [-0.4, -0.2) is 29.0 Å². The Morgan fingerprint density at radius 3 is 1.56 bits per heavy atom. The monoisotopic (exact) mass is 336 g/mol. The zero-order valence-electron chi connectivity index (χ0n) is 14.7. The first-order valence-electron chi connectivity index (χ1n) is 7.94. The highest BCUT2D eigenvalue weighted by Crippen LogP contribution is 2.26. The molecule has 0 aliphatic heterocycles. The van der Waals surface area contributed by atoms with Crippen molar-refractivity contribution in [2.45, 2.75) is 13.8 Å². The SMILES string of the molecule is Cc1cc(=O)cc(-c2cc(N(C)C)cc(-c3cc(=O)cc(C)[nH]3)n2)[nH]1. The summed E-state index contributed by atoms with van der Waals surface area (Å²) in [5.74, 6) is 0. The largest absolute Gasteiger partial charge is 0.378 e. The molecule has 3 rings (SSSR count). The number of nitrogens with one attached hydrogen (secondary N) is 2. The predicted octanol–water partition coefficient (Wildman–Crippen LogP) is 2.48. The number of H-pyrrole nitrogens is 2. The van der Waals surface area contributed by atoms with Crippen LogP contribution in [0.1, 0.15) is 11.4 Å². The van der Waals surface area contributed by atoms with Crippen LogP contribution in [0, 0.1) is 13.8 Å². The second-order valence-electron chi connectivity index (χ2n) is 6.32. The number of rotatable bonds is 3. The highest BCUT2D eigenvalue weighted by atomic mass is 16.1. The molecule has 0 spiro atoms. The summed E-state index contributed by atoms with van der Waals surface area (Å²) < 4.78 is 0. The quantitative estimate of drug-likeness (QED) is 0.770. The molecule has 0 aliphatic rings. The molecular formula is C19H20N4O2. The van der Waals surface area contributed by atoms with Gasteiger partial charge in [-0.2, -0.15) is 0 Å². The molecule has 6 heteroatoms. The third-order valence-corrected chi connectivity index (χ3v) is 3.83. The van der Waals surface area contributed by atoms with E-state index in [9.17, 15) is 9.59 Å². The van der Waals surface area contributed by atoms with Gasteiger partial charge >= 0.3 is 0 Å². The number of anilines is 1. The third kappa shape index (κ3) is 3.68. The Morgan fingerprint density at radius 2 is 1.20 bits per heavy atom. The fourth-order valence-electron chi connectivity index (χ4n) is 2.69. The molecule has 2 N–H and O–H groups in total. The van der Waals surface area contributed by atoms with Gasteiger partial charge in [-0.05, 0) is 26.0 Å². The summed E-state index contributed by atoms with van der Waals surface area (Å²) in [6.45, 7) is 3.67. The van der Waals surface area contributed by atoms with Gasteiger partial charge < -0.3 is 14.9 Å². The van der Waals surface area contributed by atoms with E-state index in [1.165, 1.54) is 24.3 Å². The van der Waals surface area contributed by atoms with E-state index in [4.69, 9.17) is 0 Å². The van der Waals surface area contributed by atoms with Gasteiger partial charge in [0.15, 0.2) is 10.9 Å². The normalized spacial score (nSPS) is 10.7. The van der Waals surface area contributed by atoms with E-state index in [0.29, 0.717) is 22.8 Å². The van der Waals surface area contributed by atoms with Crippen LogP contribution in [-0.2, 0) is 0 Å². The van der Waals surface area contributed by atoms with E-state index in [1.807, 2.05) is 45.0 Å². The van der Waals surface area contributed by atoms with Gasteiger partial charge in [0.05, 0.1) is 22.8 Å². The topological polar surface area (TPSA) is 81.8 Å². The Bertz CT molecular complexity index is 970. The zero-order chi connectivity index (χ0) is 18.1. The Kier molecular flexibility index (Phi) is 4.27. The van der Waals surface area contributed by atoms with Crippen molar-refractivity contribution in [1.82, 2.24) is 15.0 Å². The van der Waals surface area contributed by atoms with E-state index >= 15 is 0 Å². The van der Waals surface area contributed by atoms with Crippen molar-refractivity contribution >= 4 is 5.69 Å². The first-order chi connectivity index (χ1) is 11.8. The second kappa shape index (κ2) is 6.39. The summed E-state index contributed by atoms with van der Waals surface area (Å²) in [5.41, 5.74) is 4.88. The van der Waals surface area contributed by atoms with Crippen LogP contribution in [0.5, 0.6) is 0 Å². The van der Waals surface area contributed by atoms with Gasteiger partial charge in [-0.15, -0.1) is 0 Å². The van der Waals surface area contributed by atoms with Gasteiger partial charge in [0.25, 0.3) is 0 Å². The molecule has 3 aromatic rings. The molecule has 0 fully saturated rings. The van der Waals surface area contributed by atoms with Crippen LogP contribution in [0.4, 0.5) is 5.69 Å². The van der Waals surface area contributed by atoms with Crippen LogP contribution in [0.2, 0.25) is 0 Å². The summed E-state index contributed by atoms with van der Waals surface area (Å²) in [7, 11) is 3.86. The van der Waals surface area contributed by atoms with Crippen LogP contribution < -0.4 is 15.8 Å². The molecule has 0 radical (unpaired) electrons. The van der Waals surface area contributed by atoms with Gasteiger partial charge in [-0.3, -0.25) is 9.59 Å². The fraction of sp³-hybridized carbons (Fsp3) is 0.211. The minimum Gasteiger partial charge on any atom is -0.378 e. The summed E-state index contributed by atoms with van der Waals surface area (Å²) in [5, 5.41) is 0. The summed E-state index contributed by atoms with van der Waals surface area (Å²) in [6, 6.07) is 9.94. The highest BCUT2D eigenvalue weighted by Gasteiger charge is 2.11. The third-order valence-electron chi connectivity index (χ3n) is 3.83. The smallest absolute Gasteiger partial charge is 0.182 e. The first kappa shape index (κ1) is 16.7. The summed E-state index contributed by atoms with van der Waals surface area (Å²) in [4.78, 5) is 36.7. The molecule has 25 heavy (non-hydrogen) atoms. The Balaban J connectivity index is 2.25. The number of pyridine rings is 3. The molecule has 3 heterocycles. The van der Waals surface area contributed by atoms with E-state index in [2.05, 4.69) is 15.0 Å². The first-order valence-corrected chi connectivity index (χ1v) is 7.94.